The molecule has 3 heterocycles. The van der Waals surface area contributed by atoms with Crippen LogP contribution in [0.1, 0.15) is 23.8 Å². The lowest BCUT2D eigenvalue weighted by Gasteiger charge is -2.23. The van der Waals surface area contributed by atoms with Crippen molar-refractivity contribution in [3.63, 3.8) is 0 Å². The van der Waals surface area contributed by atoms with E-state index in [1.165, 1.54) is 16.5 Å². The number of rotatable bonds is 5. The van der Waals surface area contributed by atoms with Gasteiger partial charge < -0.3 is 16.0 Å². The lowest BCUT2D eigenvalue weighted by molar-refractivity contribution is -0.137. The summed E-state index contributed by atoms with van der Waals surface area (Å²) in [4.78, 5) is 43.1. The van der Waals surface area contributed by atoms with Crippen LogP contribution < -0.4 is 11.1 Å². The average molecular weight is 503 g/mol. The minimum atomic E-state index is -1.73. The Balaban J connectivity index is 1.58. The van der Waals surface area contributed by atoms with Crippen LogP contribution in [0.5, 0.6) is 0 Å². The van der Waals surface area contributed by atoms with E-state index in [9.17, 15) is 18.8 Å². The Morgan fingerprint density at radius 1 is 1.25 bits per heavy atom. The average Bonchev–Trinajstić information content (AvgIpc) is 3.26. The highest BCUT2D eigenvalue weighted by Gasteiger charge is 2.46. The molecule has 0 radical (unpaired) electrons. The molecule has 0 spiro atoms. The Hall–Kier alpha value is -3.34. The molecule has 0 unspecified atom stereocenters. The maximum absolute atomic E-state index is 14.9. The van der Waals surface area contributed by atoms with Crippen molar-refractivity contribution < 1.29 is 18.8 Å². The van der Waals surface area contributed by atoms with Crippen LogP contribution in [0.2, 0.25) is 0 Å². The summed E-state index contributed by atoms with van der Waals surface area (Å²) in [5.74, 6) is -1.47. The van der Waals surface area contributed by atoms with E-state index >= 15 is 0 Å². The number of benzene rings is 1. The third-order valence-corrected chi connectivity index (χ3v) is 5.70. The first kappa shape index (κ1) is 21.9. The molecule has 0 aliphatic carbocycles. The number of anilines is 1. The van der Waals surface area contributed by atoms with E-state index in [-0.39, 0.29) is 31.0 Å². The summed E-state index contributed by atoms with van der Waals surface area (Å²) in [6.07, 6.45) is -0.148. The van der Waals surface area contributed by atoms with Crippen molar-refractivity contribution in [1.29, 1.82) is 0 Å². The fourth-order valence-electron chi connectivity index (χ4n) is 3.88. The highest BCUT2D eigenvalue weighted by Crippen LogP contribution is 2.31. The molecule has 1 saturated heterocycles. The maximum Gasteiger partial charge on any atom is 0.269 e. The van der Waals surface area contributed by atoms with Crippen molar-refractivity contribution in [2.45, 2.75) is 31.6 Å². The lowest BCUT2D eigenvalue weighted by Crippen LogP contribution is -2.44. The zero-order valence-electron chi connectivity index (χ0n) is 17.1. The zero-order valence-corrected chi connectivity index (χ0v) is 18.7. The monoisotopic (exact) mass is 502 g/mol. The predicted molar refractivity (Wildman–Crippen MR) is 118 cm³/mol. The Bertz CT molecular complexity index is 1230. The van der Waals surface area contributed by atoms with Gasteiger partial charge in [0.1, 0.15) is 28.7 Å². The predicted octanol–water partition coefficient (Wildman–Crippen LogP) is 2.26. The van der Waals surface area contributed by atoms with Crippen molar-refractivity contribution in [3.8, 4) is 0 Å². The maximum atomic E-state index is 14.9. The van der Waals surface area contributed by atoms with E-state index in [4.69, 9.17) is 5.73 Å². The van der Waals surface area contributed by atoms with Crippen LogP contribution in [-0.2, 0) is 16.1 Å². The third-order valence-electron chi connectivity index (χ3n) is 5.26. The summed E-state index contributed by atoms with van der Waals surface area (Å²) in [6.45, 7) is 0.840. The van der Waals surface area contributed by atoms with E-state index in [0.29, 0.717) is 15.5 Å². The van der Waals surface area contributed by atoms with Gasteiger partial charge in [-0.3, -0.25) is 19.1 Å². The molecular weight excluding hydrogens is 483 g/mol. The first-order valence-corrected chi connectivity index (χ1v) is 10.6. The molecule has 1 fully saturated rings. The Labute approximate surface area is 190 Å². The molecule has 0 bridgehead atoms. The summed E-state index contributed by atoms with van der Waals surface area (Å²) in [5, 5.41) is 7.32. The smallest absolute Gasteiger partial charge is 0.269 e. The molecule has 4 rings (SSSR count). The largest absolute Gasteiger partial charge is 0.364 e. The fraction of sp³-hybridized carbons (Fsp3) is 0.286. The molecule has 32 heavy (non-hydrogen) atoms. The van der Waals surface area contributed by atoms with Gasteiger partial charge in [-0.05, 0) is 41.1 Å². The number of nitrogens with zero attached hydrogens (tertiary/aromatic N) is 4. The molecule has 0 saturated carbocycles. The van der Waals surface area contributed by atoms with Crippen LogP contribution in [0, 0.1) is 0 Å². The normalized spacial score (nSPS) is 20.5. The highest BCUT2D eigenvalue weighted by molar-refractivity contribution is 9.10. The van der Waals surface area contributed by atoms with Crippen molar-refractivity contribution in [3.05, 3.63) is 52.8 Å². The van der Waals surface area contributed by atoms with Gasteiger partial charge in [-0.15, -0.1) is 0 Å². The number of amides is 3. The number of fused-ring (bicyclic) bond motifs is 1. The van der Waals surface area contributed by atoms with Gasteiger partial charge in [0, 0.05) is 11.8 Å². The second-order valence-corrected chi connectivity index (χ2v) is 8.69. The van der Waals surface area contributed by atoms with Gasteiger partial charge >= 0.3 is 0 Å². The van der Waals surface area contributed by atoms with Crippen LogP contribution in [-0.4, -0.2) is 55.6 Å². The molecule has 3 amide bonds. The number of nitrogens with two attached hydrogens (primary N) is 1. The molecule has 2 atom stereocenters. The first-order valence-electron chi connectivity index (χ1n) is 9.82. The Morgan fingerprint density at radius 2 is 2.00 bits per heavy atom. The minimum Gasteiger partial charge on any atom is -0.364 e. The Kier molecular flexibility index (Phi) is 5.68. The molecule has 1 aromatic carbocycles. The summed E-state index contributed by atoms with van der Waals surface area (Å²) < 4.78 is 16.7. The quantitative estimate of drug-likeness (QED) is 0.518. The number of alkyl halides is 1. The van der Waals surface area contributed by atoms with E-state index in [1.807, 2.05) is 0 Å². The molecule has 1 aliphatic rings. The highest BCUT2D eigenvalue weighted by atomic mass is 79.9. The molecule has 3 N–H and O–H groups in total. The fourth-order valence-corrected chi connectivity index (χ4v) is 4.22. The van der Waals surface area contributed by atoms with E-state index in [1.54, 1.807) is 42.5 Å². The number of carbonyl (C=O) groups excluding carboxylic acids is 3. The standard InChI is InChI=1S/C21H20BrFN6O3/c1-21(23)9-14(20(32)26-16-8-4-7-15(22)25-16)28(11-21)17(30)10-29-13-6-3-2-5-12(13)18(27-29)19(24)31/h2-8,14H,9-11H2,1H3,(H2,24,31)(H,25,26,32)/t14-,21+/m0/s1. The topological polar surface area (TPSA) is 123 Å². The van der Waals surface area contributed by atoms with E-state index in [0.717, 1.165) is 0 Å². The molecule has 1 aliphatic heterocycles. The molecule has 3 aromatic rings. The molecule has 9 nitrogen and oxygen atoms in total. The van der Waals surface area contributed by atoms with Crippen LogP contribution >= 0.6 is 15.9 Å². The second-order valence-electron chi connectivity index (χ2n) is 7.88. The first-order chi connectivity index (χ1) is 15.1. The number of likely N-dealkylation sites (tertiary alicyclic amines) is 1. The summed E-state index contributed by atoms with van der Waals surface area (Å²) in [6, 6.07) is 10.8. The molecular formula is C21H20BrFN6O3. The number of aromatic nitrogens is 3. The van der Waals surface area contributed by atoms with Crippen LogP contribution in [0.25, 0.3) is 10.9 Å². The summed E-state index contributed by atoms with van der Waals surface area (Å²) in [7, 11) is 0. The number of carbonyl (C=O) groups is 3. The number of halogens is 2. The van der Waals surface area contributed by atoms with E-state index in [2.05, 4.69) is 31.3 Å². The number of primary amides is 1. The van der Waals surface area contributed by atoms with Gasteiger partial charge in [0.05, 0.1) is 12.1 Å². The molecule has 166 valence electrons. The van der Waals surface area contributed by atoms with E-state index < -0.39 is 29.4 Å². The van der Waals surface area contributed by atoms with Crippen molar-refractivity contribution >= 4 is 50.4 Å². The number of hydrogen-bond donors (Lipinski definition) is 2. The van der Waals surface area contributed by atoms with Gasteiger partial charge in [-0.2, -0.15) is 5.10 Å². The number of para-hydroxylation sites is 1. The molecule has 11 heteroatoms. The summed E-state index contributed by atoms with van der Waals surface area (Å²) >= 11 is 3.23. The summed E-state index contributed by atoms with van der Waals surface area (Å²) in [5.41, 5.74) is 4.26. The SMILES string of the molecule is C[C@@]1(F)C[C@@H](C(=O)Nc2cccc(Br)n2)N(C(=O)Cn2nc(C(N)=O)c3ccccc32)C1. The van der Waals surface area contributed by atoms with Gasteiger partial charge in [0.15, 0.2) is 5.69 Å². The second kappa shape index (κ2) is 8.30. The van der Waals surface area contributed by atoms with Crippen LogP contribution in [0.3, 0.4) is 0 Å². The van der Waals surface area contributed by atoms with Gasteiger partial charge in [-0.25, -0.2) is 9.37 Å². The number of pyridine rings is 1. The van der Waals surface area contributed by atoms with Crippen molar-refractivity contribution in [2.24, 2.45) is 5.73 Å². The zero-order chi connectivity index (χ0) is 23.0. The van der Waals surface area contributed by atoms with Gasteiger partial charge in [-0.1, -0.05) is 24.3 Å². The Morgan fingerprint density at radius 3 is 2.72 bits per heavy atom. The van der Waals surface area contributed by atoms with Gasteiger partial charge in [0.2, 0.25) is 11.8 Å². The van der Waals surface area contributed by atoms with Crippen LogP contribution in [0.4, 0.5) is 10.2 Å². The number of nitrogens with one attached hydrogen (secondary N) is 1. The lowest BCUT2D eigenvalue weighted by atomic mass is 10.0. The minimum absolute atomic E-state index is 0.0418. The number of hydrogen-bond acceptors (Lipinski definition) is 5. The van der Waals surface area contributed by atoms with Crippen LogP contribution in [0.15, 0.2) is 47.1 Å². The van der Waals surface area contributed by atoms with Gasteiger partial charge in [0.25, 0.3) is 5.91 Å². The third kappa shape index (κ3) is 4.33. The van der Waals surface area contributed by atoms with Crippen molar-refractivity contribution in [1.82, 2.24) is 19.7 Å². The molecule has 2 aromatic heterocycles. The van der Waals surface area contributed by atoms with Crippen molar-refractivity contribution in [2.75, 3.05) is 11.9 Å².